The molecule has 0 N–H and O–H groups in total. The Labute approximate surface area is 110 Å². The largest absolute Gasteiger partial charge is 0.455 e. The van der Waals surface area contributed by atoms with Crippen LogP contribution in [0.25, 0.3) is 0 Å². The van der Waals surface area contributed by atoms with Crippen LogP contribution in [-0.4, -0.2) is 11.6 Å². The molecule has 3 fully saturated rings. The van der Waals surface area contributed by atoms with Crippen molar-refractivity contribution in [3.63, 3.8) is 0 Å². The maximum Gasteiger partial charge on any atom is 0.333 e. The summed E-state index contributed by atoms with van der Waals surface area (Å²) in [4.78, 5) is 11.9. The zero-order chi connectivity index (χ0) is 12.9. The van der Waals surface area contributed by atoms with Crippen LogP contribution in [-0.2, 0) is 9.53 Å². The second kappa shape index (κ2) is 4.11. The highest BCUT2D eigenvalue weighted by atomic mass is 16.6. The maximum atomic E-state index is 11.9. The van der Waals surface area contributed by atoms with E-state index in [-0.39, 0.29) is 11.6 Å². The summed E-state index contributed by atoms with van der Waals surface area (Å²) in [5.74, 6) is 2.86. The van der Waals surface area contributed by atoms with E-state index in [1.54, 1.807) is 6.92 Å². The number of rotatable bonds is 2. The van der Waals surface area contributed by atoms with E-state index in [0.29, 0.717) is 17.4 Å². The van der Waals surface area contributed by atoms with Crippen molar-refractivity contribution < 1.29 is 9.53 Å². The number of carbonyl (C=O) groups is 1. The summed E-state index contributed by atoms with van der Waals surface area (Å²) in [6.07, 6.45) is 7.75. The second-order valence-corrected chi connectivity index (χ2v) is 6.89. The van der Waals surface area contributed by atoms with Gasteiger partial charge in [-0.05, 0) is 76.0 Å². The van der Waals surface area contributed by atoms with E-state index in [2.05, 4.69) is 13.5 Å². The van der Waals surface area contributed by atoms with Crippen molar-refractivity contribution in [2.75, 3.05) is 0 Å². The molecule has 0 saturated heterocycles. The van der Waals surface area contributed by atoms with E-state index >= 15 is 0 Å². The molecule has 0 aromatic rings. The molecule has 0 heterocycles. The molecule has 0 aliphatic heterocycles. The van der Waals surface area contributed by atoms with Gasteiger partial charge in [0.25, 0.3) is 0 Å². The van der Waals surface area contributed by atoms with Crippen LogP contribution in [0.5, 0.6) is 0 Å². The molecule has 3 aliphatic carbocycles. The van der Waals surface area contributed by atoms with Gasteiger partial charge < -0.3 is 4.74 Å². The molecular weight excluding hydrogens is 224 g/mol. The van der Waals surface area contributed by atoms with Crippen molar-refractivity contribution in [3.8, 4) is 0 Å². The molecular formula is C16H24O2. The van der Waals surface area contributed by atoms with Crippen LogP contribution in [0.4, 0.5) is 0 Å². The van der Waals surface area contributed by atoms with Crippen LogP contribution >= 0.6 is 0 Å². The first-order valence-corrected chi connectivity index (χ1v) is 7.39. The number of esters is 1. The predicted molar refractivity (Wildman–Crippen MR) is 71.0 cm³/mol. The van der Waals surface area contributed by atoms with Gasteiger partial charge in [-0.1, -0.05) is 6.58 Å². The van der Waals surface area contributed by atoms with Crippen molar-refractivity contribution >= 4 is 5.97 Å². The third kappa shape index (κ3) is 1.72. The Bertz CT molecular complexity index is 367. The van der Waals surface area contributed by atoms with Gasteiger partial charge in [-0.15, -0.1) is 0 Å². The topological polar surface area (TPSA) is 26.3 Å². The highest BCUT2D eigenvalue weighted by Crippen LogP contribution is 2.57. The van der Waals surface area contributed by atoms with Crippen molar-refractivity contribution in [2.24, 2.45) is 23.7 Å². The van der Waals surface area contributed by atoms with Crippen LogP contribution in [0.1, 0.15) is 52.4 Å². The SMILES string of the molecule is C=C(C)C(=O)OC1(C)C2CCC3CCC1CC3C2. The van der Waals surface area contributed by atoms with Gasteiger partial charge in [0.1, 0.15) is 5.60 Å². The van der Waals surface area contributed by atoms with E-state index < -0.39 is 0 Å². The van der Waals surface area contributed by atoms with Crippen molar-refractivity contribution in [1.82, 2.24) is 0 Å². The summed E-state index contributed by atoms with van der Waals surface area (Å²) in [5, 5.41) is 0. The summed E-state index contributed by atoms with van der Waals surface area (Å²) < 4.78 is 5.92. The number of ether oxygens (including phenoxy) is 1. The van der Waals surface area contributed by atoms with E-state index in [4.69, 9.17) is 4.74 Å². The van der Waals surface area contributed by atoms with E-state index in [9.17, 15) is 4.79 Å². The van der Waals surface area contributed by atoms with E-state index in [0.717, 1.165) is 11.8 Å². The van der Waals surface area contributed by atoms with Crippen LogP contribution in [0.3, 0.4) is 0 Å². The lowest BCUT2D eigenvalue weighted by Gasteiger charge is -2.57. The normalized spacial score (nSPS) is 45.7. The minimum Gasteiger partial charge on any atom is -0.455 e. The Hall–Kier alpha value is -0.790. The smallest absolute Gasteiger partial charge is 0.333 e. The zero-order valence-corrected chi connectivity index (χ0v) is 11.6. The molecule has 3 bridgehead atoms. The zero-order valence-electron chi connectivity index (χ0n) is 11.6. The van der Waals surface area contributed by atoms with Gasteiger partial charge in [-0.25, -0.2) is 4.79 Å². The molecule has 2 unspecified atom stereocenters. The van der Waals surface area contributed by atoms with E-state index in [1.165, 1.54) is 38.5 Å². The highest BCUT2D eigenvalue weighted by Gasteiger charge is 2.55. The summed E-state index contributed by atoms with van der Waals surface area (Å²) in [7, 11) is 0. The Morgan fingerprint density at radius 3 is 2.17 bits per heavy atom. The fourth-order valence-electron chi connectivity index (χ4n) is 4.72. The fourth-order valence-corrected chi connectivity index (χ4v) is 4.72. The van der Waals surface area contributed by atoms with Gasteiger partial charge in [0, 0.05) is 5.57 Å². The van der Waals surface area contributed by atoms with Gasteiger partial charge in [-0.3, -0.25) is 0 Å². The molecule has 100 valence electrons. The minimum absolute atomic E-state index is 0.191. The molecule has 18 heavy (non-hydrogen) atoms. The minimum atomic E-state index is -0.224. The van der Waals surface area contributed by atoms with Crippen LogP contribution < -0.4 is 0 Å². The van der Waals surface area contributed by atoms with Crippen molar-refractivity contribution in [1.29, 1.82) is 0 Å². The van der Waals surface area contributed by atoms with Gasteiger partial charge in [-0.2, -0.15) is 0 Å². The van der Waals surface area contributed by atoms with E-state index in [1.807, 2.05) is 0 Å². The number of hydrogen-bond acceptors (Lipinski definition) is 2. The lowest BCUT2D eigenvalue weighted by atomic mass is 9.52. The summed E-state index contributed by atoms with van der Waals surface area (Å²) in [5.41, 5.74) is 0.306. The summed E-state index contributed by atoms with van der Waals surface area (Å²) in [6.45, 7) is 7.65. The molecule has 0 aromatic carbocycles. The third-order valence-corrected chi connectivity index (χ3v) is 5.90. The molecule has 2 nitrogen and oxygen atoms in total. The first-order chi connectivity index (χ1) is 8.50. The Morgan fingerprint density at radius 1 is 1.11 bits per heavy atom. The highest BCUT2D eigenvalue weighted by molar-refractivity contribution is 5.87. The number of fused-ring (bicyclic) bond motifs is 2. The Morgan fingerprint density at radius 2 is 1.67 bits per heavy atom. The molecule has 3 rings (SSSR count). The molecule has 0 radical (unpaired) electrons. The van der Waals surface area contributed by atoms with Crippen molar-refractivity contribution in [3.05, 3.63) is 12.2 Å². The maximum absolute atomic E-state index is 11.9. The Balaban J connectivity index is 1.85. The van der Waals surface area contributed by atoms with Crippen molar-refractivity contribution in [2.45, 2.75) is 58.0 Å². The lowest BCUT2D eigenvalue weighted by Crippen LogP contribution is -2.56. The van der Waals surface area contributed by atoms with Crippen LogP contribution in [0, 0.1) is 23.7 Å². The fraction of sp³-hybridized carbons (Fsp3) is 0.812. The Kier molecular flexibility index (Phi) is 2.80. The molecule has 3 aliphatic rings. The first-order valence-electron chi connectivity index (χ1n) is 7.39. The van der Waals surface area contributed by atoms with Gasteiger partial charge in [0.15, 0.2) is 0 Å². The van der Waals surface area contributed by atoms with Gasteiger partial charge in [0.2, 0.25) is 0 Å². The number of hydrogen-bond donors (Lipinski definition) is 0. The molecule has 2 atom stereocenters. The summed E-state index contributed by atoms with van der Waals surface area (Å²) in [6, 6.07) is 0. The average molecular weight is 248 g/mol. The molecule has 2 heteroatoms. The molecule has 0 aromatic heterocycles. The lowest BCUT2D eigenvalue weighted by molar-refractivity contribution is -0.191. The predicted octanol–water partition coefficient (Wildman–Crippen LogP) is 3.71. The van der Waals surface area contributed by atoms with Crippen LogP contribution in [0.15, 0.2) is 12.2 Å². The standard InChI is InChI=1S/C16H24O2/c1-10(2)15(17)18-16(3)13-6-4-11-5-7-14(16)9-12(11)8-13/h11-14H,1,4-9H2,2-3H3. The molecule has 0 amide bonds. The second-order valence-electron chi connectivity index (χ2n) is 6.89. The van der Waals surface area contributed by atoms with Gasteiger partial charge >= 0.3 is 5.97 Å². The van der Waals surface area contributed by atoms with Gasteiger partial charge in [0.05, 0.1) is 0 Å². The van der Waals surface area contributed by atoms with Crippen LogP contribution in [0.2, 0.25) is 0 Å². The summed E-state index contributed by atoms with van der Waals surface area (Å²) >= 11 is 0. The first kappa shape index (κ1) is 12.3. The monoisotopic (exact) mass is 248 g/mol. The molecule has 0 spiro atoms. The number of carbonyl (C=O) groups excluding carboxylic acids is 1. The molecule has 3 saturated carbocycles. The third-order valence-electron chi connectivity index (χ3n) is 5.90. The average Bonchev–Trinajstić information content (AvgIpc) is 2.35. The quantitative estimate of drug-likeness (QED) is 0.550.